The van der Waals surface area contributed by atoms with Gasteiger partial charge in [-0.2, -0.15) is 0 Å². The van der Waals surface area contributed by atoms with Crippen LogP contribution in [0.4, 0.5) is 5.69 Å². The van der Waals surface area contributed by atoms with Crippen LogP contribution in [-0.4, -0.2) is 27.8 Å². The van der Waals surface area contributed by atoms with E-state index in [0.29, 0.717) is 5.76 Å². The Balaban J connectivity index is 2.27. The molecule has 0 aliphatic carbocycles. The smallest absolute Gasteiger partial charge is 0.319 e. The quantitative estimate of drug-likeness (QED) is 0.492. The molecular weight excluding hydrogens is 298 g/mol. The van der Waals surface area contributed by atoms with E-state index in [2.05, 4.69) is 4.98 Å². The number of carbonyl (C=O) groups is 1. The highest BCUT2D eigenvalue weighted by Gasteiger charge is 2.27. The van der Waals surface area contributed by atoms with E-state index < -0.39 is 16.5 Å². The molecule has 0 aromatic carbocycles. The molecule has 8 heteroatoms. The van der Waals surface area contributed by atoms with Crippen LogP contribution in [0.3, 0.4) is 0 Å². The summed E-state index contributed by atoms with van der Waals surface area (Å²) in [5, 5.41) is 10.7. The molecule has 7 nitrogen and oxygen atoms in total. The van der Waals surface area contributed by atoms with Crippen LogP contribution >= 0.6 is 11.6 Å². The molecule has 0 radical (unpaired) electrons. The lowest BCUT2D eigenvalue weighted by Crippen LogP contribution is -2.26. The summed E-state index contributed by atoms with van der Waals surface area (Å²) in [6, 6.07) is 4.79. The van der Waals surface area contributed by atoms with Crippen molar-refractivity contribution < 1.29 is 14.1 Å². The largest absolute Gasteiger partial charge is 0.464 e. The number of carbonyl (C=O) groups excluding carboxylic acids is 1. The van der Waals surface area contributed by atoms with Crippen molar-refractivity contribution in [2.45, 2.75) is 13.5 Å². The summed E-state index contributed by atoms with van der Waals surface area (Å²) in [4.78, 5) is 27.6. The third-order valence-corrected chi connectivity index (χ3v) is 3.10. The first-order valence-corrected chi connectivity index (χ1v) is 6.37. The predicted molar refractivity (Wildman–Crippen MR) is 75.1 cm³/mol. The van der Waals surface area contributed by atoms with E-state index in [-0.39, 0.29) is 17.3 Å². The van der Waals surface area contributed by atoms with Gasteiger partial charge in [-0.05, 0) is 25.1 Å². The normalized spacial score (nSPS) is 10.4. The molecule has 0 N–H and O–H groups in total. The number of pyridine rings is 1. The second-order valence-electron chi connectivity index (χ2n) is 4.43. The second-order valence-corrected chi connectivity index (χ2v) is 4.79. The summed E-state index contributed by atoms with van der Waals surface area (Å²) >= 11 is 5.69. The van der Waals surface area contributed by atoms with E-state index in [4.69, 9.17) is 16.0 Å². The predicted octanol–water partition coefficient (Wildman–Crippen LogP) is 2.82. The minimum absolute atomic E-state index is 0.106. The zero-order valence-corrected chi connectivity index (χ0v) is 12.1. The molecule has 0 bridgehead atoms. The van der Waals surface area contributed by atoms with Gasteiger partial charge in [-0.15, -0.1) is 0 Å². The topological polar surface area (TPSA) is 89.5 Å². The van der Waals surface area contributed by atoms with E-state index in [1.54, 1.807) is 19.1 Å². The van der Waals surface area contributed by atoms with Crippen molar-refractivity contribution in [3.05, 3.63) is 56.7 Å². The summed E-state index contributed by atoms with van der Waals surface area (Å²) in [6.45, 7) is 1.99. The van der Waals surface area contributed by atoms with Gasteiger partial charge in [-0.25, -0.2) is 4.98 Å². The summed E-state index contributed by atoms with van der Waals surface area (Å²) in [7, 11) is 1.53. The average Bonchev–Trinajstić information content (AvgIpc) is 2.82. The first kappa shape index (κ1) is 15.0. The van der Waals surface area contributed by atoms with E-state index in [1.807, 2.05) is 0 Å². The molecule has 0 atom stereocenters. The summed E-state index contributed by atoms with van der Waals surface area (Å²) in [5.41, 5.74) is -0.600. The monoisotopic (exact) mass is 309 g/mol. The van der Waals surface area contributed by atoms with E-state index in [9.17, 15) is 14.9 Å². The Bertz CT molecular complexity index is 698. The van der Waals surface area contributed by atoms with Gasteiger partial charge in [0.2, 0.25) is 5.15 Å². The lowest BCUT2D eigenvalue weighted by Gasteiger charge is -2.15. The lowest BCUT2D eigenvalue weighted by molar-refractivity contribution is -0.385. The Hall–Kier alpha value is -2.41. The standard InChI is InChI=1S/C13H12ClN3O4/c1-8-3-4-9(21-8)7-16(2)13(18)10-5-6-15-12(14)11(10)17(19)20/h3-6H,7H2,1-2H3. The van der Waals surface area contributed by atoms with Gasteiger partial charge in [0.15, 0.2) is 0 Å². The fourth-order valence-corrected chi connectivity index (χ4v) is 2.08. The molecule has 110 valence electrons. The molecule has 0 fully saturated rings. The fourth-order valence-electron chi connectivity index (χ4n) is 1.86. The number of amides is 1. The minimum Gasteiger partial charge on any atom is -0.464 e. The average molecular weight is 310 g/mol. The molecule has 0 unspecified atom stereocenters. The van der Waals surface area contributed by atoms with Crippen LogP contribution in [0.15, 0.2) is 28.8 Å². The van der Waals surface area contributed by atoms with Gasteiger partial charge < -0.3 is 9.32 Å². The molecule has 2 rings (SSSR count). The lowest BCUT2D eigenvalue weighted by atomic mass is 10.2. The van der Waals surface area contributed by atoms with Crippen LogP contribution in [0, 0.1) is 17.0 Å². The zero-order chi connectivity index (χ0) is 15.6. The number of rotatable bonds is 4. The van der Waals surface area contributed by atoms with Gasteiger partial charge in [0.25, 0.3) is 5.91 Å². The number of hydrogen-bond acceptors (Lipinski definition) is 5. The number of hydrogen-bond donors (Lipinski definition) is 0. The van der Waals surface area contributed by atoms with Crippen LogP contribution in [0.1, 0.15) is 21.9 Å². The maximum absolute atomic E-state index is 12.3. The Morgan fingerprint density at radius 3 is 2.76 bits per heavy atom. The van der Waals surface area contributed by atoms with Gasteiger partial charge >= 0.3 is 5.69 Å². The summed E-state index contributed by atoms with van der Waals surface area (Å²) < 4.78 is 5.38. The maximum Gasteiger partial charge on any atom is 0.319 e. The van der Waals surface area contributed by atoms with Crippen molar-refractivity contribution in [1.82, 2.24) is 9.88 Å². The molecule has 0 aliphatic rings. The first-order chi connectivity index (χ1) is 9.90. The number of halogens is 1. The van der Waals surface area contributed by atoms with Gasteiger partial charge in [-0.1, -0.05) is 11.6 Å². The number of aryl methyl sites for hydroxylation is 1. The Morgan fingerprint density at radius 2 is 2.19 bits per heavy atom. The van der Waals surface area contributed by atoms with Crippen molar-refractivity contribution in [3.8, 4) is 0 Å². The molecule has 0 saturated heterocycles. The van der Waals surface area contributed by atoms with Crippen molar-refractivity contribution in [1.29, 1.82) is 0 Å². The Morgan fingerprint density at radius 1 is 1.48 bits per heavy atom. The Labute approximate surface area is 125 Å². The molecule has 2 aromatic rings. The van der Waals surface area contributed by atoms with E-state index in [0.717, 1.165) is 5.76 Å². The summed E-state index contributed by atoms with van der Waals surface area (Å²) in [6.07, 6.45) is 1.26. The molecule has 21 heavy (non-hydrogen) atoms. The molecule has 0 spiro atoms. The highest BCUT2D eigenvalue weighted by molar-refractivity contribution is 6.32. The highest BCUT2D eigenvalue weighted by Crippen LogP contribution is 2.27. The maximum atomic E-state index is 12.3. The van der Waals surface area contributed by atoms with Gasteiger partial charge in [0.1, 0.15) is 17.1 Å². The summed E-state index contributed by atoms with van der Waals surface area (Å²) in [5.74, 6) is 0.787. The molecule has 2 heterocycles. The van der Waals surface area contributed by atoms with Crippen LogP contribution in [0.25, 0.3) is 0 Å². The third kappa shape index (κ3) is 3.19. The van der Waals surface area contributed by atoms with Crippen molar-refractivity contribution >= 4 is 23.2 Å². The van der Waals surface area contributed by atoms with Crippen LogP contribution in [0.2, 0.25) is 5.15 Å². The van der Waals surface area contributed by atoms with Crippen LogP contribution in [-0.2, 0) is 6.54 Å². The first-order valence-electron chi connectivity index (χ1n) is 6.00. The van der Waals surface area contributed by atoms with Gasteiger partial charge in [-0.3, -0.25) is 14.9 Å². The zero-order valence-electron chi connectivity index (χ0n) is 11.4. The number of furan rings is 1. The van der Waals surface area contributed by atoms with Crippen molar-refractivity contribution in [2.75, 3.05) is 7.05 Å². The Kier molecular flexibility index (Phi) is 4.23. The van der Waals surface area contributed by atoms with Gasteiger partial charge in [0, 0.05) is 13.2 Å². The van der Waals surface area contributed by atoms with E-state index in [1.165, 1.54) is 24.2 Å². The molecule has 0 saturated carbocycles. The highest BCUT2D eigenvalue weighted by atomic mass is 35.5. The SMILES string of the molecule is Cc1ccc(CN(C)C(=O)c2ccnc(Cl)c2[N+](=O)[O-])o1. The van der Waals surface area contributed by atoms with Crippen LogP contribution in [0.5, 0.6) is 0 Å². The molecule has 0 aliphatic heterocycles. The minimum atomic E-state index is -0.715. The molecule has 2 aromatic heterocycles. The van der Waals surface area contributed by atoms with Crippen molar-refractivity contribution in [2.24, 2.45) is 0 Å². The second kappa shape index (κ2) is 5.92. The number of nitrogens with zero attached hydrogens (tertiary/aromatic N) is 3. The third-order valence-electron chi connectivity index (χ3n) is 2.83. The van der Waals surface area contributed by atoms with Crippen LogP contribution < -0.4 is 0 Å². The molecular formula is C13H12ClN3O4. The fraction of sp³-hybridized carbons (Fsp3) is 0.231. The number of nitro groups is 1. The number of aromatic nitrogens is 1. The van der Waals surface area contributed by atoms with E-state index >= 15 is 0 Å². The molecule has 1 amide bonds. The van der Waals surface area contributed by atoms with Crippen molar-refractivity contribution in [3.63, 3.8) is 0 Å². The van der Waals surface area contributed by atoms with Gasteiger partial charge in [0.05, 0.1) is 11.5 Å².